The van der Waals surface area contributed by atoms with Crippen LogP contribution >= 0.6 is 0 Å². The predicted octanol–water partition coefficient (Wildman–Crippen LogP) is 3.77. The van der Waals surface area contributed by atoms with Crippen LogP contribution in [0.1, 0.15) is 61.3 Å². The summed E-state index contributed by atoms with van der Waals surface area (Å²) in [5.74, 6) is 0.759. The van der Waals surface area contributed by atoms with Gasteiger partial charge in [0.1, 0.15) is 0 Å². The molecule has 0 saturated carbocycles. The number of nitrogens with zero attached hydrogens (tertiary/aromatic N) is 1. The summed E-state index contributed by atoms with van der Waals surface area (Å²) in [5, 5.41) is 3.64. The minimum absolute atomic E-state index is 0.440. The van der Waals surface area contributed by atoms with E-state index in [2.05, 4.69) is 58.7 Å². The van der Waals surface area contributed by atoms with Gasteiger partial charge in [-0.3, -0.25) is 0 Å². The van der Waals surface area contributed by atoms with Crippen LogP contribution in [0.25, 0.3) is 0 Å². The molecule has 1 N–H and O–H groups in total. The zero-order valence-electron chi connectivity index (χ0n) is 13.8. The molecule has 0 saturated heterocycles. The Labute approximate surface area is 116 Å². The van der Waals surface area contributed by atoms with Crippen molar-refractivity contribution in [3.63, 3.8) is 0 Å². The van der Waals surface area contributed by atoms with E-state index >= 15 is 0 Å². The SMILES string of the molecule is CCN(CC(C)C)CC(CC)(CC)CNC(C)C. The fourth-order valence-electron chi connectivity index (χ4n) is 2.50. The summed E-state index contributed by atoms with van der Waals surface area (Å²) < 4.78 is 0. The summed E-state index contributed by atoms with van der Waals surface area (Å²) in [4.78, 5) is 2.62. The molecule has 18 heavy (non-hydrogen) atoms. The van der Waals surface area contributed by atoms with Gasteiger partial charge in [-0.05, 0) is 30.7 Å². The van der Waals surface area contributed by atoms with Crippen molar-refractivity contribution in [2.75, 3.05) is 26.2 Å². The second-order valence-electron chi connectivity index (χ2n) is 6.46. The molecule has 0 radical (unpaired) electrons. The van der Waals surface area contributed by atoms with Crippen molar-refractivity contribution in [3.8, 4) is 0 Å². The Kier molecular flexibility index (Phi) is 8.89. The Morgan fingerprint density at radius 2 is 1.56 bits per heavy atom. The summed E-state index contributed by atoms with van der Waals surface area (Å²) in [5.41, 5.74) is 0.440. The van der Waals surface area contributed by atoms with Crippen molar-refractivity contribution >= 4 is 0 Å². The molecule has 0 rings (SSSR count). The van der Waals surface area contributed by atoms with Crippen LogP contribution < -0.4 is 5.32 Å². The summed E-state index contributed by atoms with van der Waals surface area (Å²) in [6, 6.07) is 0.586. The van der Waals surface area contributed by atoms with E-state index in [9.17, 15) is 0 Å². The molecule has 0 spiro atoms. The van der Waals surface area contributed by atoms with Crippen LogP contribution in [0, 0.1) is 11.3 Å². The quantitative estimate of drug-likeness (QED) is 0.640. The molecule has 0 atom stereocenters. The minimum atomic E-state index is 0.440. The first kappa shape index (κ1) is 17.9. The van der Waals surface area contributed by atoms with Crippen LogP contribution in [0.4, 0.5) is 0 Å². The summed E-state index contributed by atoms with van der Waals surface area (Å²) in [6.07, 6.45) is 2.52. The van der Waals surface area contributed by atoms with Crippen LogP contribution in [0.15, 0.2) is 0 Å². The fourth-order valence-corrected chi connectivity index (χ4v) is 2.50. The van der Waals surface area contributed by atoms with E-state index in [4.69, 9.17) is 0 Å². The summed E-state index contributed by atoms with van der Waals surface area (Å²) in [7, 11) is 0. The van der Waals surface area contributed by atoms with E-state index in [-0.39, 0.29) is 0 Å². The smallest absolute Gasteiger partial charge is 0.00499 e. The Morgan fingerprint density at radius 3 is 1.89 bits per heavy atom. The first-order chi connectivity index (χ1) is 8.39. The van der Waals surface area contributed by atoms with Gasteiger partial charge in [0, 0.05) is 25.7 Å². The van der Waals surface area contributed by atoms with Crippen molar-refractivity contribution in [1.29, 1.82) is 0 Å². The van der Waals surface area contributed by atoms with E-state index in [1.165, 1.54) is 32.5 Å². The van der Waals surface area contributed by atoms with Crippen molar-refractivity contribution in [2.45, 2.75) is 67.3 Å². The highest BCUT2D eigenvalue weighted by atomic mass is 15.1. The average molecular weight is 256 g/mol. The van der Waals surface area contributed by atoms with Crippen LogP contribution in [0.3, 0.4) is 0 Å². The molecule has 0 aliphatic rings. The topological polar surface area (TPSA) is 15.3 Å². The van der Waals surface area contributed by atoms with Gasteiger partial charge in [0.15, 0.2) is 0 Å². The van der Waals surface area contributed by atoms with E-state index in [1.54, 1.807) is 0 Å². The van der Waals surface area contributed by atoms with Crippen LogP contribution in [-0.4, -0.2) is 37.1 Å². The summed E-state index contributed by atoms with van der Waals surface area (Å²) in [6.45, 7) is 20.8. The monoisotopic (exact) mass is 256 g/mol. The van der Waals surface area contributed by atoms with Crippen molar-refractivity contribution in [3.05, 3.63) is 0 Å². The van der Waals surface area contributed by atoms with Crippen molar-refractivity contribution < 1.29 is 0 Å². The molecular formula is C16H36N2. The van der Waals surface area contributed by atoms with Crippen molar-refractivity contribution in [1.82, 2.24) is 10.2 Å². The maximum Gasteiger partial charge on any atom is 0.00499 e. The lowest BCUT2D eigenvalue weighted by Crippen LogP contribution is -2.46. The van der Waals surface area contributed by atoms with Crippen LogP contribution in [0.2, 0.25) is 0 Å². The standard InChI is InChI=1S/C16H36N2/c1-8-16(9-2,12-17-15(6)7)13-18(10-3)11-14(4)5/h14-15,17H,8-13H2,1-7H3. The zero-order chi connectivity index (χ0) is 14.2. The normalized spacial score (nSPS) is 13.0. The van der Waals surface area contributed by atoms with E-state index < -0.39 is 0 Å². The first-order valence-corrected chi connectivity index (χ1v) is 7.84. The van der Waals surface area contributed by atoms with Gasteiger partial charge in [0.05, 0.1) is 0 Å². The molecule has 0 unspecified atom stereocenters. The van der Waals surface area contributed by atoms with Gasteiger partial charge in [-0.1, -0.05) is 48.5 Å². The molecule has 0 aromatic carbocycles. The largest absolute Gasteiger partial charge is 0.314 e. The lowest BCUT2D eigenvalue weighted by molar-refractivity contribution is 0.126. The molecule has 0 amide bonds. The van der Waals surface area contributed by atoms with E-state index in [0.29, 0.717) is 11.5 Å². The third-order valence-corrected chi connectivity index (χ3v) is 4.01. The van der Waals surface area contributed by atoms with Crippen molar-refractivity contribution in [2.24, 2.45) is 11.3 Å². The molecular weight excluding hydrogens is 220 g/mol. The number of nitrogens with one attached hydrogen (secondary N) is 1. The lowest BCUT2D eigenvalue weighted by Gasteiger charge is -2.38. The first-order valence-electron chi connectivity index (χ1n) is 7.84. The molecule has 0 aliphatic heterocycles. The predicted molar refractivity (Wildman–Crippen MR) is 83.1 cm³/mol. The van der Waals surface area contributed by atoms with Crippen LogP contribution in [0.5, 0.6) is 0 Å². The second kappa shape index (κ2) is 8.92. The van der Waals surface area contributed by atoms with Gasteiger partial charge in [0.2, 0.25) is 0 Å². The van der Waals surface area contributed by atoms with Gasteiger partial charge >= 0.3 is 0 Å². The Balaban J connectivity index is 4.55. The average Bonchev–Trinajstić information content (AvgIpc) is 2.32. The Hall–Kier alpha value is -0.0800. The van der Waals surface area contributed by atoms with Crippen LogP contribution in [-0.2, 0) is 0 Å². The van der Waals surface area contributed by atoms with Gasteiger partial charge in [0.25, 0.3) is 0 Å². The Bertz CT molecular complexity index is 195. The molecule has 0 aliphatic carbocycles. The molecule has 0 aromatic rings. The van der Waals surface area contributed by atoms with Gasteiger partial charge in [-0.25, -0.2) is 0 Å². The third kappa shape index (κ3) is 6.75. The molecule has 0 heterocycles. The zero-order valence-corrected chi connectivity index (χ0v) is 13.8. The van der Waals surface area contributed by atoms with E-state index in [0.717, 1.165) is 12.5 Å². The highest BCUT2D eigenvalue weighted by Gasteiger charge is 2.28. The highest BCUT2D eigenvalue weighted by molar-refractivity contribution is 4.83. The molecule has 0 bridgehead atoms. The summed E-state index contributed by atoms with van der Waals surface area (Å²) >= 11 is 0. The third-order valence-electron chi connectivity index (χ3n) is 4.01. The maximum absolute atomic E-state index is 3.64. The molecule has 2 heteroatoms. The number of hydrogen-bond donors (Lipinski definition) is 1. The second-order valence-corrected chi connectivity index (χ2v) is 6.46. The molecule has 110 valence electrons. The molecule has 2 nitrogen and oxygen atoms in total. The van der Waals surface area contributed by atoms with Gasteiger partial charge in [-0.2, -0.15) is 0 Å². The Morgan fingerprint density at radius 1 is 1.00 bits per heavy atom. The fraction of sp³-hybridized carbons (Fsp3) is 1.00. The maximum atomic E-state index is 3.64. The highest BCUT2D eigenvalue weighted by Crippen LogP contribution is 2.27. The van der Waals surface area contributed by atoms with Gasteiger partial charge in [-0.15, -0.1) is 0 Å². The van der Waals surface area contributed by atoms with E-state index in [1.807, 2.05) is 0 Å². The molecule has 0 aromatic heterocycles. The van der Waals surface area contributed by atoms with Gasteiger partial charge < -0.3 is 10.2 Å². The minimum Gasteiger partial charge on any atom is -0.314 e. The molecule has 0 fully saturated rings. The number of rotatable bonds is 10. The lowest BCUT2D eigenvalue weighted by atomic mass is 9.81. The number of hydrogen-bond acceptors (Lipinski definition) is 2.